The highest BCUT2D eigenvalue weighted by atomic mass is 35.5. The van der Waals surface area contributed by atoms with E-state index in [1.165, 1.54) is 12.1 Å². The fraction of sp³-hybridized carbons (Fsp3) is 0.240. The predicted molar refractivity (Wildman–Crippen MR) is 128 cm³/mol. The zero-order valence-electron chi connectivity index (χ0n) is 18.5. The van der Waals surface area contributed by atoms with Gasteiger partial charge in [0.1, 0.15) is 5.69 Å². The first-order valence-corrected chi connectivity index (χ1v) is 11.4. The molecule has 0 spiro atoms. The molecule has 1 aliphatic rings. The van der Waals surface area contributed by atoms with Gasteiger partial charge in [-0.15, -0.1) is 0 Å². The number of amides is 1. The maximum Gasteiger partial charge on any atom is 0.416 e. The van der Waals surface area contributed by atoms with Crippen molar-refractivity contribution in [3.05, 3.63) is 88.8 Å². The van der Waals surface area contributed by atoms with Gasteiger partial charge >= 0.3 is 6.18 Å². The second-order valence-corrected chi connectivity index (χ2v) is 8.78. The van der Waals surface area contributed by atoms with Crippen molar-refractivity contribution in [1.82, 2.24) is 19.4 Å². The summed E-state index contributed by atoms with van der Waals surface area (Å²) in [6.07, 6.45) is -1.03. The van der Waals surface area contributed by atoms with Crippen LogP contribution in [0.4, 0.5) is 19.1 Å². The average Bonchev–Trinajstić information content (AvgIpc) is 3.21. The van der Waals surface area contributed by atoms with Crippen LogP contribution in [0.5, 0.6) is 0 Å². The number of anilines is 1. The van der Waals surface area contributed by atoms with Crippen LogP contribution in [-0.4, -0.2) is 51.5 Å². The summed E-state index contributed by atoms with van der Waals surface area (Å²) in [7, 11) is 0. The monoisotopic (exact) mass is 499 g/mol. The van der Waals surface area contributed by atoms with E-state index in [1.54, 1.807) is 41.6 Å². The largest absolute Gasteiger partial charge is 0.416 e. The van der Waals surface area contributed by atoms with Crippen molar-refractivity contribution < 1.29 is 18.0 Å². The lowest BCUT2D eigenvalue weighted by Crippen LogP contribution is -2.49. The van der Waals surface area contributed by atoms with E-state index in [1.807, 2.05) is 15.5 Å². The molecule has 2 aromatic heterocycles. The molecule has 1 amide bonds. The van der Waals surface area contributed by atoms with Gasteiger partial charge in [0.25, 0.3) is 5.91 Å². The molecule has 0 bridgehead atoms. The number of hydrogen-bond donors (Lipinski definition) is 0. The summed E-state index contributed by atoms with van der Waals surface area (Å²) in [5, 5.41) is 1.34. The lowest BCUT2D eigenvalue weighted by Gasteiger charge is -2.34. The van der Waals surface area contributed by atoms with Gasteiger partial charge in [-0.3, -0.25) is 4.79 Å². The Balaban J connectivity index is 1.41. The number of halogens is 4. The van der Waals surface area contributed by atoms with Gasteiger partial charge in [0.15, 0.2) is 0 Å². The van der Waals surface area contributed by atoms with E-state index in [0.717, 1.165) is 23.0 Å². The van der Waals surface area contributed by atoms with Crippen LogP contribution in [0, 0.1) is 0 Å². The van der Waals surface area contributed by atoms with Crippen LogP contribution >= 0.6 is 11.6 Å². The van der Waals surface area contributed by atoms with Crippen LogP contribution in [0.25, 0.3) is 10.9 Å². The molecule has 0 atom stereocenters. The molecule has 5 rings (SSSR count). The second-order valence-electron chi connectivity index (χ2n) is 8.34. The van der Waals surface area contributed by atoms with Gasteiger partial charge in [-0.1, -0.05) is 23.7 Å². The van der Waals surface area contributed by atoms with Gasteiger partial charge in [-0.05, 0) is 48.0 Å². The number of carbonyl (C=O) groups is 1. The molecular weight excluding hydrogens is 479 g/mol. The molecule has 2 aromatic carbocycles. The molecule has 0 aliphatic carbocycles. The Morgan fingerprint density at radius 2 is 1.63 bits per heavy atom. The molecule has 180 valence electrons. The molecule has 1 saturated heterocycles. The van der Waals surface area contributed by atoms with Crippen molar-refractivity contribution in [3.63, 3.8) is 0 Å². The highest BCUT2D eigenvalue weighted by Crippen LogP contribution is 2.30. The number of nitrogens with zero attached hydrogens (tertiary/aromatic N) is 5. The number of hydrogen-bond acceptors (Lipinski definition) is 4. The molecule has 0 N–H and O–H groups in total. The summed E-state index contributed by atoms with van der Waals surface area (Å²) in [5.74, 6) is 0.489. The summed E-state index contributed by atoms with van der Waals surface area (Å²) in [6, 6.07) is 13.9. The van der Waals surface area contributed by atoms with Crippen LogP contribution in [0.15, 0.2) is 67.0 Å². The number of benzene rings is 2. The maximum atomic E-state index is 13.6. The highest BCUT2D eigenvalue weighted by Gasteiger charge is 2.30. The molecule has 4 aromatic rings. The van der Waals surface area contributed by atoms with Crippen molar-refractivity contribution >= 4 is 34.4 Å². The van der Waals surface area contributed by atoms with E-state index >= 15 is 0 Å². The first-order chi connectivity index (χ1) is 16.8. The summed E-state index contributed by atoms with van der Waals surface area (Å²) in [5.41, 5.74) is 1.20. The Morgan fingerprint density at radius 1 is 0.943 bits per heavy atom. The van der Waals surface area contributed by atoms with Crippen LogP contribution < -0.4 is 4.90 Å². The van der Waals surface area contributed by atoms with Gasteiger partial charge in [0.2, 0.25) is 5.95 Å². The fourth-order valence-electron chi connectivity index (χ4n) is 4.30. The van der Waals surface area contributed by atoms with Crippen molar-refractivity contribution in [3.8, 4) is 0 Å². The zero-order chi connectivity index (χ0) is 24.6. The first-order valence-electron chi connectivity index (χ1n) is 11.1. The number of rotatable bonds is 4. The van der Waals surface area contributed by atoms with Crippen molar-refractivity contribution in [2.24, 2.45) is 0 Å². The molecule has 35 heavy (non-hydrogen) atoms. The van der Waals surface area contributed by atoms with Crippen LogP contribution in [0.2, 0.25) is 5.02 Å². The van der Waals surface area contributed by atoms with E-state index in [9.17, 15) is 18.0 Å². The quantitative estimate of drug-likeness (QED) is 0.391. The summed E-state index contributed by atoms with van der Waals surface area (Å²) in [6.45, 7) is 2.45. The third kappa shape index (κ3) is 4.81. The van der Waals surface area contributed by atoms with Gasteiger partial charge in [0, 0.05) is 61.0 Å². The minimum Gasteiger partial charge on any atom is -0.337 e. The average molecular weight is 500 g/mol. The van der Waals surface area contributed by atoms with Gasteiger partial charge in [-0.25, -0.2) is 9.97 Å². The second kappa shape index (κ2) is 9.22. The Hall–Kier alpha value is -3.59. The standard InChI is InChI=1S/C25H21ClF3N5O/c26-20-6-7-21-18(14-20)15-22(34(21)16-17-2-4-19(5-3-17)25(27,28)29)23(35)32-10-12-33(13-11-32)24-30-8-1-9-31-24/h1-9,14-15H,10-13,16H2. The van der Waals surface area contributed by atoms with Gasteiger partial charge < -0.3 is 14.4 Å². The molecule has 1 aliphatic heterocycles. The van der Waals surface area contributed by atoms with Crippen molar-refractivity contribution in [2.75, 3.05) is 31.1 Å². The lowest BCUT2D eigenvalue weighted by molar-refractivity contribution is -0.137. The van der Waals surface area contributed by atoms with E-state index in [-0.39, 0.29) is 12.5 Å². The topological polar surface area (TPSA) is 54.3 Å². The predicted octanol–water partition coefficient (Wildman–Crippen LogP) is 5.11. The molecule has 0 saturated carbocycles. The zero-order valence-corrected chi connectivity index (χ0v) is 19.3. The maximum absolute atomic E-state index is 13.6. The number of carbonyl (C=O) groups excluding carboxylic acids is 1. The van der Waals surface area contributed by atoms with Crippen molar-refractivity contribution in [2.45, 2.75) is 12.7 Å². The number of alkyl halides is 3. The molecule has 10 heteroatoms. The molecule has 0 unspecified atom stereocenters. The lowest BCUT2D eigenvalue weighted by atomic mass is 10.1. The summed E-state index contributed by atoms with van der Waals surface area (Å²) >= 11 is 6.17. The molecule has 0 radical (unpaired) electrons. The van der Waals surface area contributed by atoms with E-state index in [0.29, 0.717) is 48.4 Å². The molecular formula is C25H21ClF3N5O. The van der Waals surface area contributed by atoms with Gasteiger partial charge in [0.05, 0.1) is 5.56 Å². The Bertz CT molecular complexity index is 1350. The highest BCUT2D eigenvalue weighted by molar-refractivity contribution is 6.31. The fourth-order valence-corrected chi connectivity index (χ4v) is 4.48. The minimum atomic E-state index is -4.40. The summed E-state index contributed by atoms with van der Waals surface area (Å²) in [4.78, 5) is 25.9. The third-order valence-corrected chi connectivity index (χ3v) is 6.34. The van der Waals surface area contributed by atoms with E-state index in [4.69, 9.17) is 11.6 Å². The third-order valence-electron chi connectivity index (χ3n) is 6.11. The van der Waals surface area contributed by atoms with E-state index in [2.05, 4.69) is 9.97 Å². The SMILES string of the molecule is O=C(c1cc2cc(Cl)ccc2n1Cc1ccc(C(F)(F)F)cc1)N1CCN(c2ncccn2)CC1. The van der Waals surface area contributed by atoms with Crippen LogP contribution in [-0.2, 0) is 12.7 Å². The number of piperazine rings is 1. The van der Waals surface area contributed by atoms with Crippen LogP contribution in [0.3, 0.4) is 0 Å². The number of fused-ring (bicyclic) bond motifs is 1. The molecule has 3 heterocycles. The van der Waals surface area contributed by atoms with Gasteiger partial charge in [-0.2, -0.15) is 13.2 Å². The van der Waals surface area contributed by atoms with E-state index < -0.39 is 11.7 Å². The number of aromatic nitrogens is 3. The van der Waals surface area contributed by atoms with Crippen molar-refractivity contribution in [1.29, 1.82) is 0 Å². The summed E-state index contributed by atoms with van der Waals surface area (Å²) < 4.78 is 40.8. The molecule has 1 fully saturated rings. The minimum absolute atomic E-state index is 0.141. The molecule has 6 nitrogen and oxygen atoms in total. The Labute approximate surface area is 204 Å². The Morgan fingerprint density at radius 3 is 2.29 bits per heavy atom. The van der Waals surface area contributed by atoms with Crippen LogP contribution in [0.1, 0.15) is 21.6 Å². The normalized spacial score (nSPS) is 14.5. The first kappa shape index (κ1) is 23.2. The smallest absolute Gasteiger partial charge is 0.337 e. The Kier molecular flexibility index (Phi) is 6.10.